The minimum atomic E-state index is -1.25. The summed E-state index contributed by atoms with van der Waals surface area (Å²) in [6.07, 6.45) is -0.344. The number of ether oxygens (including phenoxy) is 2. The smallest absolute Gasteiger partial charge is 0.326 e. The first kappa shape index (κ1) is 34.9. The van der Waals surface area contributed by atoms with Crippen LogP contribution in [0, 0.1) is 11.8 Å². The predicted molar refractivity (Wildman–Crippen MR) is 159 cm³/mol. The molecule has 2 amide bonds. The largest absolute Gasteiger partial charge is 0.480 e. The van der Waals surface area contributed by atoms with Crippen molar-refractivity contribution in [3.63, 3.8) is 0 Å². The fourth-order valence-electron chi connectivity index (χ4n) is 4.18. The van der Waals surface area contributed by atoms with Crippen LogP contribution in [0.2, 0.25) is 0 Å². The van der Waals surface area contributed by atoms with Crippen molar-refractivity contribution in [2.24, 2.45) is 11.8 Å². The molecule has 4 atom stereocenters. The van der Waals surface area contributed by atoms with Crippen LogP contribution >= 0.6 is 0 Å². The lowest BCUT2D eigenvalue weighted by Gasteiger charge is -2.28. The summed E-state index contributed by atoms with van der Waals surface area (Å²) in [5.74, 6) is -5.26. The number of rotatable bonds is 15. The fourth-order valence-corrected chi connectivity index (χ4v) is 4.18. The Labute approximate surface area is 252 Å². The number of carbonyl (C=O) groups is 5. The molecule has 2 rings (SSSR count). The molecule has 2 aromatic rings. The van der Waals surface area contributed by atoms with Crippen molar-refractivity contribution in [3.8, 4) is 0 Å². The highest BCUT2D eigenvalue weighted by Crippen LogP contribution is 2.20. The van der Waals surface area contributed by atoms with Crippen LogP contribution in [0.15, 0.2) is 60.7 Å². The van der Waals surface area contributed by atoms with E-state index in [0.29, 0.717) is 5.56 Å². The number of hydrogen-bond donors (Lipinski definition) is 4. The molecule has 4 N–H and O–H groups in total. The summed E-state index contributed by atoms with van der Waals surface area (Å²) in [6.45, 7) is 9.90. The van der Waals surface area contributed by atoms with Crippen molar-refractivity contribution in [2.75, 3.05) is 6.54 Å². The van der Waals surface area contributed by atoms with E-state index in [1.165, 1.54) is 0 Å². The molecule has 0 aromatic heterocycles. The molecule has 4 unspecified atom stereocenters. The molecule has 0 aliphatic carbocycles. The van der Waals surface area contributed by atoms with Gasteiger partial charge in [0, 0.05) is 6.04 Å². The number of carboxylic acids is 1. The molecule has 0 radical (unpaired) electrons. The maximum Gasteiger partial charge on any atom is 0.326 e. The van der Waals surface area contributed by atoms with Gasteiger partial charge >= 0.3 is 17.9 Å². The molecule has 0 heterocycles. The number of nitrogens with one attached hydrogen (secondary N) is 3. The number of esters is 2. The lowest BCUT2D eigenvalue weighted by Crippen LogP contribution is -2.52. The Morgan fingerprint density at radius 2 is 1.40 bits per heavy atom. The molecule has 11 nitrogen and oxygen atoms in total. The Morgan fingerprint density at radius 3 is 1.93 bits per heavy atom. The van der Waals surface area contributed by atoms with E-state index in [2.05, 4.69) is 16.0 Å². The van der Waals surface area contributed by atoms with Gasteiger partial charge in [-0.3, -0.25) is 19.2 Å². The van der Waals surface area contributed by atoms with E-state index in [0.717, 1.165) is 5.56 Å². The molecule has 43 heavy (non-hydrogen) atoms. The van der Waals surface area contributed by atoms with E-state index in [1.54, 1.807) is 71.9 Å². The van der Waals surface area contributed by atoms with Crippen LogP contribution < -0.4 is 16.0 Å². The third-order valence-electron chi connectivity index (χ3n) is 6.47. The van der Waals surface area contributed by atoms with Gasteiger partial charge in [-0.25, -0.2) is 4.79 Å². The highest BCUT2D eigenvalue weighted by atomic mass is 16.6. The van der Waals surface area contributed by atoms with E-state index in [4.69, 9.17) is 9.47 Å². The highest BCUT2D eigenvalue weighted by molar-refractivity contribution is 5.93. The van der Waals surface area contributed by atoms with Crippen LogP contribution in [0.25, 0.3) is 0 Å². The number of carboxylic acid groups (broad SMARTS) is 1. The summed E-state index contributed by atoms with van der Waals surface area (Å²) >= 11 is 0. The van der Waals surface area contributed by atoms with Crippen LogP contribution in [0.5, 0.6) is 0 Å². The van der Waals surface area contributed by atoms with Gasteiger partial charge in [-0.05, 0) is 44.7 Å². The van der Waals surface area contributed by atoms with Crippen molar-refractivity contribution in [1.82, 2.24) is 16.0 Å². The molecule has 0 saturated heterocycles. The number of benzene rings is 2. The van der Waals surface area contributed by atoms with Crippen molar-refractivity contribution in [1.29, 1.82) is 0 Å². The molecule has 0 aliphatic heterocycles. The second kappa shape index (κ2) is 16.4. The normalized spacial score (nSPS) is 14.1. The van der Waals surface area contributed by atoms with E-state index in [-0.39, 0.29) is 19.6 Å². The minimum Gasteiger partial charge on any atom is -0.480 e. The van der Waals surface area contributed by atoms with Gasteiger partial charge in [0.15, 0.2) is 0 Å². The van der Waals surface area contributed by atoms with Gasteiger partial charge in [0.05, 0.1) is 18.9 Å². The molecule has 0 bridgehead atoms. The standard InChI is InChI=1S/C32H43N3O8/c1-20(2)27(31(40)41)34-30(39)28(23-15-11-8-12-16-23)35-29(38)24(17-25(36)43-32(4,5)6)21(3)33-18-26(37)42-19-22-13-9-7-10-14-22/h7-16,20-21,24,27-28,33H,17-19H2,1-6H3,(H,34,39)(H,35,38)(H,40,41). The van der Waals surface area contributed by atoms with Gasteiger partial charge in [0.1, 0.15) is 24.3 Å². The lowest BCUT2D eigenvalue weighted by atomic mass is 9.94. The molecule has 0 aliphatic rings. The van der Waals surface area contributed by atoms with E-state index in [1.807, 2.05) is 30.3 Å². The predicted octanol–water partition coefficient (Wildman–Crippen LogP) is 3.14. The Balaban J connectivity index is 2.23. The zero-order valence-corrected chi connectivity index (χ0v) is 25.6. The highest BCUT2D eigenvalue weighted by Gasteiger charge is 2.35. The zero-order valence-electron chi connectivity index (χ0n) is 25.6. The maximum atomic E-state index is 13.7. The molecule has 0 saturated carbocycles. The molecule has 2 aromatic carbocycles. The molecular formula is C32H43N3O8. The van der Waals surface area contributed by atoms with Gasteiger partial charge in [0.25, 0.3) is 0 Å². The number of carbonyl (C=O) groups excluding carboxylic acids is 4. The van der Waals surface area contributed by atoms with Crippen molar-refractivity contribution >= 4 is 29.7 Å². The lowest BCUT2D eigenvalue weighted by molar-refractivity contribution is -0.157. The van der Waals surface area contributed by atoms with Crippen LogP contribution in [0.4, 0.5) is 0 Å². The molecule has 234 valence electrons. The molecule has 0 fully saturated rings. The van der Waals surface area contributed by atoms with Gasteiger partial charge in [-0.2, -0.15) is 0 Å². The maximum absolute atomic E-state index is 13.7. The van der Waals surface area contributed by atoms with Gasteiger partial charge < -0.3 is 30.5 Å². The summed E-state index contributed by atoms with van der Waals surface area (Å²) in [5.41, 5.74) is 0.437. The molecule has 0 spiro atoms. The number of amides is 2. The van der Waals surface area contributed by atoms with E-state index >= 15 is 0 Å². The Bertz CT molecular complexity index is 1230. The van der Waals surface area contributed by atoms with Gasteiger partial charge in [-0.15, -0.1) is 0 Å². The van der Waals surface area contributed by atoms with Gasteiger partial charge in [-0.1, -0.05) is 74.5 Å². The quantitative estimate of drug-likeness (QED) is 0.226. The van der Waals surface area contributed by atoms with Crippen LogP contribution in [-0.4, -0.2) is 59.1 Å². The monoisotopic (exact) mass is 597 g/mol. The third kappa shape index (κ3) is 12.3. The van der Waals surface area contributed by atoms with Crippen molar-refractivity contribution in [2.45, 2.75) is 78.3 Å². The van der Waals surface area contributed by atoms with Crippen LogP contribution in [0.3, 0.4) is 0 Å². The van der Waals surface area contributed by atoms with E-state index in [9.17, 15) is 29.1 Å². The summed E-state index contributed by atoms with van der Waals surface area (Å²) in [4.78, 5) is 64.0. The summed E-state index contributed by atoms with van der Waals surface area (Å²) in [7, 11) is 0. The first-order chi connectivity index (χ1) is 20.2. The fraction of sp³-hybridized carbons (Fsp3) is 0.469. The first-order valence-corrected chi connectivity index (χ1v) is 14.2. The molecular weight excluding hydrogens is 554 g/mol. The Hall–Kier alpha value is -4.25. The van der Waals surface area contributed by atoms with Crippen LogP contribution in [-0.2, 0) is 40.1 Å². The summed E-state index contributed by atoms with van der Waals surface area (Å²) in [6, 6.07) is 14.4. The molecule has 11 heteroatoms. The second-order valence-corrected chi connectivity index (χ2v) is 11.6. The Kier molecular flexibility index (Phi) is 13.3. The van der Waals surface area contributed by atoms with E-state index < -0.39 is 65.3 Å². The topological polar surface area (TPSA) is 160 Å². The average Bonchev–Trinajstić information content (AvgIpc) is 2.94. The second-order valence-electron chi connectivity index (χ2n) is 11.6. The van der Waals surface area contributed by atoms with Crippen molar-refractivity contribution in [3.05, 3.63) is 71.8 Å². The van der Waals surface area contributed by atoms with Crippen LogP contribution in [0.1, 0.15) is 65.1 Å². The third-order valence-corrected chi connectivity index (χ3v) is 6.47. The SMILES string of the molecule is CC(C)C(NC(=O)C(NC(=O)C(CC(=O)OC(C)(C)C)C(C)NCC(=O)OCc1ccccc1)c1ccccc1)C(=O)O. The summed E-state index contributed by atoms with van der Waals surface area (Å²) < 4.78 is 10.7. The minimum absolute atomic E-state index is 0.0825. The van der Waals surface area contributed by atoms with Crippen molar-refractivity contribution < 1.29 is 38.6 Å². The summed E-state index contributed by atoms with van der Waals surface area (Å²) in [5, 5.41) is 17.7. The first-order valence-electron chi connectivity index (χ1n) is 14.2. The number of aliphatic carboxylic acids is 1. The van der Waals surface area contributed by atoms with Gasteiger partial charge in [0.2, 0.25) is 11.8 Å². The zero-order chi connectivity index (χ0) is 32.2. The number of hydrogen-bond acceptors (Lipinski definition) is 8. The Morgan fingerprint density at radius 1 is 0.814 bits per heavy atom. The average molecular weight is 598 g/mol.